The summed E-state index contributed by atoms with van der Waals surface area (Å²) in [6.45, 7) is 3.75. The quantitative estimate of drug-likeness (QED) is 0.289. The van der Waals surface area contributed by atoms with Gasteiger partial charge < -0.3 is 0 Å². The molecule has 7 heteroatoms. The molecule has 3 aromatic rings. The topological polar surface area (TPSA) is 75.8 Å². The fraction of sp³-hybridized carbons (Fsp3) is 0.0833. The Bertz CT molecular complexity index is 1220. The smallest absolute Gasteiger partial charge is 0.267 e. The van der Waals surface area contributed by atoms with Gasteiger partial charge in [-0.3, -0.25) is 14.9 Å². The third-order valence-corrected chi connectivity index (χ3v) is 5.88. The number of para-hydroxylation sites is 1. The summed E-state index contributed by atoms with van der Waals surface area (Å²) >= 11 is 1.34. The van der Waals surface area contributed by atoms with E-state index in [0.29, 0.717) is 27.4 Å². The highest BCUT2D eigenvalue weighted by molar-refractivity contribution is 7.99. The molecule has 31 heavy (non-hydrogen) atoms. The molecule has 0 spiro atoms. The van der Waals surface area contributed by atoms with E-state index in [-0.39, 0.29) is 11.6 Å². The van der Waals surface area contributed by atoms with Crippen molar-refractivity contribution in [2.24, 2.45) is 5.10 Å². The SMILES string of the molecule is CC1=NN(c2ccccc2)C(=O)C1=Cc1ccc(Sc2ccc(C)cc2)c([N+](=O)[O-])c1. The van der Waals surface area contributed by atoms with E-state index in [1.807, 2.05) is 49.4 Å². The minimum absolute atomic E-state index is 0.000113. The second kappa shape index (κ2) is 8.57. The van der Waals surface area contributed by atoms with Crippen molar-refractivity contribution in [2.75, 3.05) is 5.01 Å². The highest BCUT2D eigenvalue weighted by Gasteiger charge is 2.28. The number of carbonyl (C=O) groups is 1. The van der Waals surface area contributed by atoms with Gasteiger partial charge in [-0.15, -0.1) is 0 Å². The van der Waals surface area contributed by atoms with Crippen molar-refractivity contribution in [1.82, 2.24) is 0 Å². The van der Waals surface area contributed by atoms with Crippen LogP contribution in [0.3, 0.4) is 0 Å². The van der Waals surface area contributed by atoms with E-state index in [0.717, 1.165) is 10.5 Å². The van der Waals surface area contributed by atoms with Crippen LogP contribution < -0.4 is 5.01 Å². The van der Waals surface area contributed by atoms with E-state index < -0.39 is 4.92 Å². The lowest BCUT2D eigenvalue weighted by Crippen LogP contribution is -2.21. The molecule has 0 radical (unpaired) electrons. The highest BCUT2D eigenvalue weighted by atomic mass is 32.2. The molecule has 1 aliphatic rings. The van der Waals surface area contributed by atoms with Crippen LogP contribution in [-0.2, 0) is 4.79 Å². The van der Waals surface area contributed by atoms with Gasteiger partial charge in [-0.1, -0.05) is 53.7 Å². The van der Waals surface area contributed by atoms with Crippen molar-refractivity contribution in [3.8, 4) is 0 Å². The lowest BCUT2D eigenvalue weighted by molar-refractivity contribution is -0.387. The number of anilines is 1. The number of rotatable bonds is 5. The van der Waals surface area contributed by atoms with Gasteiger partial charge in [-0.05, 0) is 55.8 Å². The Morgan fingerprint density at radius 3 is 2.39 bits per heavy atom. The minimum Gasteiger partial charge on any atom is -0.267 e. The Morgan fingerprint density at radius 2 is 1.71 bits per heavy atom. The van der Waals surface area contributed by atoms with E-state index in [1.165, 1.54) is 22.8 Å². The molecule has 1 aliphatic heterocycles. The summed E-state index contributed by atoms with van der Waals surface area (Å²) in [5.74, 6) is -0.260. The predicted octanol–water partition coefficient (Wildman–Crippen LogP) is 5.86. The Morgan fingerprint density at radius 1 is 1.00 bits per heavy atom. The monoisotopic (exact) mass is 429 g/mol. The molecule has 0 N–H and O–H groups in total. The largest absolute Gasteiger partial charge is 0.283 e. The molecule has 1 amide bonds. The van der Waals surface area contributed by atoms with E-state index in [2.05, 4.69) is 5.10 Å². The molecule has 0 bridgehead atoms. The van der Waals surface area contributed by atoms with Crippen LogP contribution in [0.25, 0.3) is 6.08 Å². The molecule has 0 atom stereocenters. The van der Waals surface area contributed by atoms with Crippen LogP contribution >= 0.6 is 11.8 Å². The van der Waals surface area contributed by atoms with Gasteiger partial charge in [0.2, 0.25) is 0 Å². The normalized spacial score (nSPS) is 14.8. The van der Waals surface area contributed by atoms with Crippen LogP contribution in [-0.4, -0.2) is 16.5 Å². The number of nitro groups is 1. The molecule has 6 nitrogen and oxygen atoms in total. The molecule has 0 saturated carbocycles. The molecule has 4 rings (SSSR count). The molecule has 0 saturated heterocycles. The number of benzene rings is 3. The maximum absolute atomic E-state index is 12.9. The van der Waals surface area contributed by atoms with Crippen molar-refractivity contribution in [2.45, 2.75) is 23.6 Å². The number of nitro benzene ring substituents is 1. The first-order valence-corrected chi connectivity index (χ1v) is 10.4. The fourth-order valence-electron chi connectivity index (χ4n) is 3.18. The Labute approximate surface area is 184 Å². The number of nitrogens with zero attached hydrogens (tertiary/aromatic N) is 3. The zero-order valence-electron chi connectivity index (χ0n) is 17.0. The van der Waals surface area contributed by atoms with E-state index in [4.69, 9.17) is 0 Å². The molecular weight excluding hydrogens is 410 g/mol. The van der Waals surface area contributed by atoms with Gasteiger partial charge in [-0.2, -0.15) is 10.1 Å². The molecule has 0 aliphatic carbocycles. The van der Waals surface area contributed by atoms with Crippen molar-refractivity contribution in [3.63, 3.8) is 0 Å². The average molecular weight is 430 g/mol. The van der Waals surface area contributed by atoms with Gasteiger partial charge >= 0.3 is 0 Å². The first-order chi connectivity index (χ1) is 14.9. The van der Waals surface area contributed by atoms with Crippen LogP contribution in [0.1, 0.15) is 18.1 Å². The van der Waals surface area contributed by atoms with Crippen molar-refractivity contribution >= 4 is 40.8 Å². The maximum atomic E-state index is 12.9. The summed E-state index contributed by atoms with van der Waals surface area (Å²) < 4.78 is 0. The molecule has 154 valence electrons. The number of carbonyl (C=O) groups excluding carboxylic acids is 1. The zero-order chi connectivity index (χ0) is 22.0. The molecule has 0 fully saturated rings. The predicted molar refractivity (Wildman–Crippen MR) is 123 cm³/mol. The van der Waals surface area contributed by atoms with Gasteiger partial charge in [0.15, 0.2) is 0 Å². The Kier molecular flexibility index (Phi) is 5.68. The molecule has 0 unspecified atom stereocenters. The molecule has 3 aromatic carbocycles. The highest BCUT2D eigenvalue weighted by Crippen LogP contribution is 2.36. The third-order valence-electron chi connectivity index (χ3n) is 4.80. The second-order valence-electron chi connectivity index (χ2n) is 7.10. The van der Waals surface area contributed by atoms with Gasteiger partial charge in [0.25, 0.3) is 11.6 Å². The minimum atomic E-state index is -0.397. The second-order valence-corrected chi connectivity index (χ2v) is 8.21. The van der Waals surface area contributed by atoms with Crippen LogP contribution in [0.4, 0.5) is 11.4 Å². The molecule has 0 aromatic heterocycles. The van der Waals surface area contributed by atoms with Gasteiger partial charge in [-0.25, -0.2) is 0 Å². The molecular formula is C24H19N3O3S. The van der Waals surface area contributed by atoms with Gasteiger partial charge in [0.1, 0.15) is 0 Å². The summed E-state index contributed by atoms with van der Waals surface area (Å²) in [5, 5.41) is 17.4. The summed E-state index contributed by atoms with van der Waals surface area (Å²) in [6, 6.07) is 22.0. The van der Waals surface area contributed by atoms with E-state index in [9.17, 15) is 14.9 Å². The lowest BCUT2D eigenvalue weighted by Gasteiger charge is -2.11. The standard InChI is InChI=1S/C24H19N3O3S/c1-16-8-11-20(12-9-16)31-23-13-10-18(15-22(23)27(29)30)14-21-17(2)25-26(24(21)28)19-6-4-3-5-7-19/h3-15H,1-2H3. The summed E-state index contributed by atoms with van der Waals surface area (Å²) in [4.78, 5) is 25.6. The van der Waals surface area contributed by atoms with Crippen LogP contribution in [0.2, 0.25) is 0 Å². The van der Waals surface area contributed by atoms with Gasteiger partial charge in [0, 0.05) is 11.0 Å². The summed E-state index contributed by atoms with van der Waals surface area (Å²) in [5.41, 5.74) is 3.36. The zero-order valence-corrected chi connectivity index (χ0v) is 17.8. The number of hydrogen-bond donors (Lipinski definition) is 0. The van der Waals surface area contributed by atoms with Crippen LogP contribution in [0, 0.1) is 17.0 Å². The van der Waals surface area contributed by atoms with Crippen LogP contribution in [0.5, 0.6) is 0 Å². The van der Waals surface area contributed by atoms with Crippen LogP contribution in [0.15, 0.2) is 93.3 Å². The molecule has 1 heterocycles. The van der Waals surface area contributed by atoms with Crippen molar-refractivity contribution in [1.29, 1.82) is 0 Å². The van der Waals surface area contributed by atoms with Gasteiger partial charge in [0.05, 0.1) is 26.8 Å². The number of hydrazone groups is 1. The Balaban J connectivity index is 1.64. The van der Waals surface area contributed by atoms with E-state index >= 15 is 0 Å². The number of hydrogen-bond acceptors (Lipinski definition) is 5. The number of amides is 1. The first-order valence-electron chi connectivity index (χ1n) is 9.62. The summed E-state index contributed by atoms with van der Waals surface area (Å²) in [7, 11) is 0. The van der Waals surface area contributed by atoms with Crippen molar-refractivity contribution in [3.05, 3.63) is 99.6 Å². The third kappa shape index (κ3) is 4.41. The lowest BCUT2D eigenvalue weighted by atomic mass is 10.1. The van der Waals surface area contributed by atoms with Crippen molar-refractivity contribution < 1.29 is 9.72 Å². The number of aryl methyl sites for hydroxylation is 1. The van der Waals surface area contributed by atoms with E-state index in [1.54, 1.807) is 37.3 Å². The average Bonchev–Trinajstić information content (AvgIpc) is 3.05. The Hall–Kier alpha value is -3.71. The first kappa shape index (κ1) is 20.6. The fourth-order valence-corrected chi connectivity index (χ4v) is 4.08. The summed E-state index contributed by atoms with van der Waals surface area (Å²) in [6.07, 6.45) is 1.65. The maximum Gasteiger partial charge on any atom is 0.283 e.